The van der Waals surface area contributed by atoms with Gasteiger partial charge in [0.25, 0.3) is 10.0 Å². The van der Waals surface area contributed by atoms with E-state index in [1.165, 1.54) is 36.7 Å². The highest BCUT2D eigenvalue weighted by molar-refractivity contribution is 8.15. The highest BCUT2D eigenvalue weighted by Gasteiger charge is 2.18. The van der Waals surface area contributed by atoms with Gasteiger partial charge in [-0.2, -0.15) is 0 Å². The van der Waals surface area contributed by atoms with Crippen molar-refractivity contribution in [3.05, 3.63) is 24.3 Å². The van der Waals surface area contributed by atoms with Crippen LogP contribution in [0, 0.1) is 0 Å². The number of anilines is 1. The molecule has 8 heteroatoms. The number of benzene rings is 1. The Balaban J connectivity index is 1.83. The number of carbonyl (C=O) groups is 1. The molecule has 138 valence electrons. The van der Waals surface area contributed by atoms with E-state index in [9.17, 15) is 13.2 Å². The minimum Gasteiger partial charge on any atom is -0.326 e. The number of sulfonamides is 1. The van der Waals surface area contributed by atoms with Crippen LogP contribution in [0.5, 0.6) is 0 Å². The minimum absolute atomic E-state index is 0.0399. The number of thioether (sulfide) groups is 1. The molecule has 0 radical (unpaired) electrons. The standard InChI is InChI=1S/C17H25N3O3S2/c1-2-3-4-5-6-7-16(21)19-14-8-10-15(11-9-14)25(22,23)20-17-18-12-13-24-17/h8-11H,2-7,12-13H2,1H3,(H,18,20)(H,19,21). The van der Waals surface area contributed by atoms with E-state index < -0.39 is 10.0 Å². The van der Waals surface area contributed by atoms with Crippen LogP contribution in [0.15, 0.2) is 34.2 Å². The quantitative estimate of drug-likeness (QED) is 0.640. The second-order valence-corrected chi connectivity index (χ2v) is 8.64. The Morgan fingerprint density at radius 1 is 1.16 bits per heavy atom. The van der Waals surface area contributed by atoms with Crippen molar-refractivity contribution in [2.75, 3.05) is 17.6 Å². The Hall–Kier alpha value is -1.54. The summed E-state index contributed by atoms with van der Waals surface area (Å²) in [4.78, 5) is 16.1. The summed E-state index contributed by atoms with van der Waals surface area (Å²) >= 11 is 1.39. The number of rotatable bonds is 9. The van der Waals surface area contributed by atoms with E-state index in [0.717, 1.165) is 25.0 Å². The summed E-state index contributed by atoms with van der Waals surface area (Å²) < 4.78 is 27.0. The monoisotopic (exact) mass is 383 g/mol. The van der Waals surface area contributed by atoms with Crippen molar-refractivity contribution in [3.8, 4) is 0 Å². The molecule has 1 aromatic carbocycles. The van der Waals surface area contributed by atoms with Gasteiger partial charge >= 0.3 is 0 Å². The van der Waals surface area contributed by atoms with Crippen LogP contribution in [0.1, 0.15) is 45.4 Å². The van der Waals surface area contributed by atoms with Gasteiger partial charge < -0.3 is 5.32 Å². The molecule has 0 bridgehead atoms. The molecule has 0 saturated heterocycles. The maximum atomic E-state index is 12.3. The third-order valence-corrected chi connectivity index (χ3v) is 6.14. The van der Waals surface area contributed by atoms with Crippen molar-refractivity contribution in [3.63, 3.8) is 0 Å². The van der Waals surface area contributed by atoms with Gasteiger partial charge in [0.05, 0.1) is 11.4 Å². The molecule has 0 fully saturated rings. The van der Waals surface area contributed by atoms with E-state index in [1.807, 2.05) is 0 Å². The maximum Gasteiger partial charge on any atom is 0.263 e. The first-order chi connectivity index (χ1) is 12.0. The minimum atomic E-state index is -3.63. The molecule has 25 heavy (non-hydrogen) atoms. The fourth-order valence-corrected chi connectivity index (χ4v) is 4.43. The molecule has 0 aliphatic carbocycles. The van der Waals surface area contributed by atoms with Crippen molar-refractivity contribution in [2.45, 2.75) is 50.3 Å². The first-order valence-electron chi connectivity index (χ1n) is 8.61. The molecule has 1 aliphatic heterocycles. The zero-order valence-corrected chi connectivity index (χ0v) is 16.1. The van der Waals surface area contributed by atoms with Gasteiger partial charge in [-0.25, -0.2) is 8.42 Å². The number of hydrogen-bond acceptors (Lipinski definition) is 5. The van der Waals surface area contributed by atoms with Crippen LogP contribution < -0.4 is 10.0 Å². The number of amides is 1. The lowest BCUT2D eigenvalue weighted by molar-refractivity contribution is -0.116. The Morgan fingerprint density at radius 2 is 1.88 bits per heavy atom. The predicted molar refractivity (Wildman–Crippen MR) is 104 cm³/mol. The lowest BCUT2D eigenvalue weighted by Gasteiger charge is -2.09. The molecular formula is C17H25N3O3S2. The summed E-state index contributed by atoms with van der Waals surface area (Å²) in [5.41, 5.74) is 0.602. The molecule has 0 atom stereocenters. The molecule has 2 rings (SSSR count). The average molecular weight is 384 g/mol. The summed E-state index contributed by atoms with van der Waals surface area (Å²) in [6.07, 6.45) is 5.97. The van der Waals surface area contributed by atoms with Gasteiger partial charge in [-0.1, -0.05) is 44.4 Å². The Bertz CT molecular complexity index is 700. The number of unbranched alkanes of at least 4 members (excludes halogenated alkanes) is 4. The zero-order valence-electron chi connectivity index (χ0n) is 14.5. The lowest BCUT2D eigenvalue weighted by Crippen LogP contribution is -2.27. The molecule has 1 aliphatic rings. The molecule has 0 unspecified atom stereocenters. The Labute approximate surface area is 153 Å². The van der Waals surface area contributed by atoms with Gasteiger partial charge in [0.15, 0.2) is 5.17 Å². The van der Waals surface area contributed by atoms with Gasteiger partial charge in [-0.05, 0) is 30.7 Å². The van der Waals surface area contributed by atoms with Gasteiger partial charge in [0, 0.05) is 17.9 Å². The van der Waals surface area contributed by atoms with Crippen LogP contribution in [0.4, 0.5) is 5.69 Å². The second kappa shape index (κ2) is 9.82. The zero-order chi connectivity index (χ0) is 18.1. The Kier molecular flexibility index (Phi) is 7.77. The molecule has 1 aromatic rings. The van der Waals surface area contributed by atoms with Gasteiger partial charge in [0.1, 0.15) is 0 Å². The van der Waals surface area contributed by atoms with Crippen molar-refractivity contribution in [1.29, 1.82) is 0 Å². The smallest absolute Gasteiger partial charge is 0.263 e. The Morgan fingerprint density at radius 3 is 2.52 bits per heavy atom. The lowest BCUT2D eigenvalue weighted by atomic mass is 10.1. The van der Waals surface area contributed by atoms with Crippen molar-refractivity contribution < 1.29 is 13.2 Å². The second-order valence-electron chi connectivity index (χ2n) is 5.88. The molecule has 1 heterocycles. The number of aliphatic imine (C=N–C) groups is 1. The van der Waals surface area contributed by atoms with Crippen LogP contribution in [0.3, 0.4) is 0 Å². The first-order valence-corrected chi connectivity index (χ1v) is 11.1. The molecule has 0 saturated carbocycles. The molecule has 0 spiro atoms. The van der Waals surface area contributed by atoms with E-state index in [2.05, 4.69) is 22.0 Å². The van der Waals surface area contributed by atoms with E-state index in [0.29, 0.717) is 23.8 Å². The van der Waals surface area contributed by atoms with Crippen molar-refractivity contribution in [2.24, 2.45) is 4.99 Å². The third-order valence-electron chi connectivity index (χ3n) is 3.76. The summed E-state index contributed by atoms with van der Waals surface area (Å²) in [7, 11) is -3.63. The highest BCUT2D eigenvalue weighted by atomic mass is 32.2. The van der Waals surface area contributed by atoms with Crippen LogP contribution in [-0.2, 0) is 14.8 Å². The number of hydrogen-bond donors (Lipinski definition) is 2. The van der Waals surface area contributed by atoms with Crippen LogP contribution >= 0.6 is 11.8 Å². The van der Waals surface area contributed by atoms with E-state index in [4.69, 9.17) is 0 Å². The predicted octanol–water partition coefficient (Wildman–Crippen LogP) is 3.37. The SMILES string of the molecule is CCCCCCCC(=O)Nc1ccc(S(=O)(=O)NC2=NCCS2)cc1. The molecule has 1 amide bonds. The van der Waals surface area contributed by atoms with Gasteiger partial charge in [-0.3, -0.25) is 14.5 Å². The topological polar surface area (TPSA) is 87.6 Å². The summed E-state index contributed by atoms with van der Waals surface area (Å²) in [6.45, 7) is 2.79. The van der Waals surface area contributed by atoms with Crippen molar-refractivity contribution >= 4 is 38.5 Å². The number of nitrogens with one attached hydrogen (secondary N) is 2. The van der Waals surface area contributed by atoms with Gasteiger partial charge in [0.2, 0.25) is 5.91 Å². The van der Waals surface area contributed by atoms with Crippen LogP contribution in [-0.4, -0.2) is 31.8 Å². The molecule has 0 aromatic heterocycles. The molecular weight excluding hydrogens is 358 g/mol. The summed E-state index contributed by atoms with van der Waals surface area (Å²) in [5.74, 6) is 0.753. The highest BCUT2D eigenvalue weighted by Crippen LogP contribution is 2.17. The van der Waals surface area contributed by atoms with E-state index in [-0.39, 0.29) is 10.8 Å². The fourth-order valence-electron chi connectivity index (χ4n) is 2.40. The van der Waals surface area contributed by atoms with Gasteiger partial charge in [-0.15, -0.1) is 0 Å². The maximum absolute atomic E-state index is 12.3. The van der Waals surface area contributed by atoms with Crippen LogP contribution in [0.25, 0.3) is 0 Å². The number of nitrogens with zero attached hydrogens (tertiary/aromatic N) is 1. The molecule has 6 nitrogen and oxygen atoms in total. The van der Waals surface area contributed by atoms with Crippen molar-refractivity contribution in [1.82, 2.24) is 4.72 Å². The summed E-state index contributed by atoms with van der Waals surface area (Å²) in [5, 5.41) is 3.23. The fraction of sp³-hybridized carbons (Fsp3) is 0.529. The number of carbonyl (C=O) groups excluding carboxylic acids is 1. The van der Waals surface area contributed by atoms with Crippen LogP contribution in [0.2, 0.25) is 0 Å². The summed E-state index contributed by atoms with van der Waals surface area (Å²) in [6, 6.07) is 6.18. The third kappa shape index (κ3) is 6.70. The van der Waals surface area contributed by atoms with E-state index >= 15 is 0 Å². The largest absolute Gasteiger partial charge is 0.326 e. The first kappa shape index (κ1) is 19.8. The molecule has 2 N–H and O–H groups in total. The average Bonchev–Trinajstić information content (AvgIpc) is 3.07. The normalized spacial score (nSPS) is 14.2. The number of amidine groups is 1. The van der Waals surface area contributed by atoms with E-state index in [1.54, 1.807) is 12.1 Å².